The molecule has 0 bridgehead atoms. The molecule has 9 rings (SSSR count). The van der Waals surface area contributed by atoms with Crippen molar-refractivity contribution in [3.63, 3.8) is 0 Å². The minimum absolute atomic E-state index is 0.467. The van der Waals surface area contributed by atoms with E-state index in [1.807, 2.05) is 0 Å². The summed E-state index contributed by atoms with van der Waals surface area (Å²) in [5, 5.41) is 9.19. The van der Waals surface area contributed by atoms with Crippen molar-refractivity contribution in [2.45, 2.75) is 157 Å². The van der Waals surface area contributed by atoms with E-state index in [2.05, 4.69) is 95.1 Å². The summed E-state index contributed by atoms with van der Waals surface area (Å²) in [6.07, 6.45) is 28.3. The molecule has 0 radical (unpaired) electrons. The Kier molecular flexibility index (Phi) is 13.4. The van der Waals surface area contributed by atoms with Gasteiger partial charge in [0.2, 0.25) is 0 Å². The molecule has 5 aliphatic rings. The van der Waals surface area contributed by atoms with Crippen molar-refractivity contribution in [3.05, 3.63) is 84.9 Å². The zero-order valence-corrected chi connectivity index (χ0v) is 36.2. The lowest BCUT2D eigenvalue weighted by Crippen LogP contribution is -2.25. The first-order valence-corrected chi connectivity index (χ1v) is 26.1. The zero-order valence-electron chi connectivity index (χ0n) is 34.4. The lowest BCUT2D eigenvalue weighted by Gasteiger charge is -2.41. The number of anilines is 2. The maximum atomic E-state index is 6.97. The van der Waals surface area contributed by atoms with Crippen LogP contribution in [0.4, 0.5) is 11.4 Å². The van der Waals surface area contributed by atoms with Crippen LogP contribution in [0.1, 0.15) is 135 Å². The van der Waals surface area contributed by atoms with Crippen LogP contribution in [0.25, 0.3) is 33.4 Å². The summed E-state index contributed by atoms with van der Waals surface area (Å²) >= 11 is 0. The number of rotatable bonds is 10. The van der Waals surface area contributed by atoms with Gasteiger partial charge in [0.25, 0.3) is 0 Å². The van der Waals surface area contributed by atoms with Gasteiger partial charge in [0.15, 0.2) is 0 Å². The van der Waals surface area contributed by atoms with Crippen LogP contribution in [0, 0.1) is 0 Å². The molecule has 0 saturated heterocycles. The molecule has 4 aromatic carbocycles. The molecule has 0 unspecified atom stereocenters. The summed E-state index contributed by atoms with van der Waals surface area (Å²) in [4.78, 5) is 0. The van der Waals surface area contributed by atoms with E-state index >= 15 is 0 Å². The second-order valence-corrected chi connectivity index (χ2v) is 22.7. The van der Waals surface area contributed by atoms with Crippen LogP contribution in [-0.2, 0) is 0 Å². The standard InChI is InChI=1S/C51H66N2O2P2/c1-7-20-38(21-8-1)44-32-34-46-48(50(44)52-56(40-24-11-3-12-25-40)41-26-13-4-14-27-41)49-47(55-37-19-36-54-46)35-33-45(39-22-9-2-10-23-39)51(49)53-57(42-28-15-5-16-29-42)43-30-17-6-18-31-43/h1-2,7-10,20-23,32-35,40-43,52-53H,3-6,11-19,24-31,36-37H2. The molecule has 0 spiro atoms. The highest BCUT2D eigenvalue weighted by Gasteiger charge is 2.37. The highest BCUT2D eigenvalue weighted by molar-refractivity contribution is 7.61. The van der Waals surface area contributed by atoms with Crippen molar-refractivity contribution >= 4 is 27.5 Å². The first kappa shape index (κ1) is 39.4. The maximum absolute atomic E-state index is 6.97. The molecule has 4 fully saturated rings. The van der Waals surface area contributed by atoms with Gasteiger partial charge in [-0.1, -0.05) is 138 Å². The minimum atomic E-state index is -0.467. The quantitative estimate of drug-likeness (QED) is 0.157. The minimum Gasteiger partial charge on any atom is -0.493 e. The predicted molar refractivity (Wildman–Crippen MR) is 247 cm³/mol. The summed E-state index contributed by atoms with van der Waals surface area (Å²) in [6.45, 7) is 1.30. The van der Waals surface area contributed by atoms with E-state index in [0.29, 0.717) is 13.2 Å². The van der Waals surface area contributed by atoms with Crippen molar-refractivity contribution in [2.24, 2.45) is 0 Å². The Balaban J connectivity index is 1.29. The van der Waals surface area contributed by atoms with E-state index in [1.54, 1.807) is 0 Å². The molecule has 4 aliphatic carbocycles. The third-order valence-corrected chi connectivity index (χ3v) is 20.1. The van der Waals surface area contributed by atoms with Gasteiger partial charge in [-0.25, -0.2) is 0 Å². The topological polar surface area (TPSA) is 42.5 Å². The average molecular weight is 801 g/mol. The zero-order chi connectivity index (χ0) is 38.2. The van der Waals surface area contributed by atoms with Crippen molar-refractivity contribution < 1.29 is 9.47 Å². The van der Waals surface area contributed by atoms with E-state index < -0.39 is 16.1 Å². The fourth-order valence-electron chi connectivity index (χ4n) is 10.9. The van der Waals surface area contributed by atoms with Crippen molar-refractivity contribution in [1.29, 1.82) is 0 Å². The molecule has 1 heterocycles. The fourth-order valence-corrected chi connectivity index (χ4v) is 17.5. The smallest absolute Gasteiger partial charge is 0.129 e. The molecule has 0 atom stereocenters. The van der Waals surface area contributed by atoms with Crippen LogP contribution < -0.4 is 19.6 Å². The van der Waals surface area contributed by atoms with Gasteiger partial charge in [0, 0.05) is 17.5 Å². The Hall–Kier alpha value is -3.06. The van der Waals surface area contributed by atoms with Gasteiger partial charge in [-0.3, -0.25) is 0 Å². The van der Waals surface area contributed by atoms with E-state index in [9.17, 15) is 0 Å². The van der Waals surface area contributed by atoms with E-state index in [4.69, 9.17) is 9.47 Å². The Bertz CT molecular complexity index is 1710. The average Bonchev–Trinajstić information content (AvgIpc) is 3.38. The van der Waals surface area contributed by atoms with Crippen LogP contribution in [0.15, 0.2) is 84.9 Å². The Morgan fingerprint density at radius 3 is 1.04 bits per heavy atom. The molecule has 1 aliphatic heterocycles. The lowest BCUT2D eigenvalue weighted by molar-refractivity contribution is 0.252. The first-order valence-electron chi connectivity index (χ1n) is 23.1. The molecule has 4 saturated carbocycles. The van der Waals surface area contributed by atoms with Gasteiger partial charge in [-0.2, -0.15) is 0 Å². The van der Waals surface area contributed by atoms with E-state index in [0.717, 1.165) is 40.6 Å². The Labute approximate surface area is 346 Å². The van der Waals surface area contributed by atoms with E-state index in [-0.39, 0.29) is 0 Å². The lowest BCUT2D eigenvalue weighted by atomic mass is 9.91. The highest BCUT2D eigenvalue weighted by atomic mass is 31.1. The van der Waals surface area contributed by atoms with E-state index in [1.165, 1.54) is 173 Å². The second-order valence-electron chi connectivity index (χ2n) is 17.7. The molecule has 4 aromatic rings. The third kappa shape index (κ3) is 9.09. The number of nitrogens with one attached hydrogen (secondary N) is 2. The summed E-state index contributed by atoms with van der Waals surface area (Å²) in [5.41, 5.74) is 13.1. The van der Waals surface area contributed by atoms with Gasteiger partial charge in [-0.15, -0.1) is 0 Å². The molecular weight excluding hydrogens is 735 g/mol. The van der Waals surface area contributed by atoms with Gasteiger partial charge >= 0.3 is 0 Å². The molecule has 57 heavy (non-hydrogen) atoms. The molecule has 0 aromatic heterocycles. The van der Waals surface area contributed by atoms with Crippen LogP contribution >= 0.6 is 16.1 Å². The van der Waals surface area contributed by atoms with Gasteiger partial charge in [0.05, 0.1) is 35.7 Å². The van der Waals surface area contributed by atoms with Crippen LogP contribution in [-0.4, -0.2) is 35.8 Å². The summed E-state index contributed by atoms with van der Waals surface area (Å²) < 4.78 is 13.9. The Morgan fingerprint density at radius 2 is 0.702 bits per heavy atom. The van der Waals surface area contributed by atoms with Gasteiger partial charge < -0.3 is 19.6 Å². The second kappa shape index (κ2) is 19.3. The van der Waals surface area contributed by atoms with Crippen LogP contribution in [0.5, 0.6) is 11.5 Å². The molecular formula is C51H66N2O2P2. The summed E-state index contributed by atoms with van der Waals surface area (Å²) in [6, 6.07) is 31.7. The van der Waals surface area contributed by atoms with Crippen LogP contribution in [0.3, 0.4) is 0 Å². The normalized spacial score (nSPS) is 20.4. The Morgan fingerprint density at radius 1 is 0.368 bits per heavy atom. The number of hydrogen-bond acceptors (Lipinski definition) is 4. The number of fused-ring (bicyclic) bond motifs is 3. The van der Waals surface area contributed by atoms with Crippen molar-refractivity contribution in [1.82, 2.24) is 0 Å². The largest absolute Gasteiger partial charge is 0.493 e. The van der Waals surface area contributed by atoms with Crippen LogP contribution in [0.2, 0.25) is 0 Å². The number of ether oxygens (including phenoxy) is 2. The summed E-state index contributed by atoms with van der Waals surface area (Å²) in [5.74, 6) is 2.00. The fraction of sp³-hybridized carbons (Fsp3) is 0.529. The maximum Gasteiger partial charge on any atom is 0.129 e. The molecule has 302 valence electrons. The third-order valence-electron chi connectivity index (χ3n) is 13.9. The number of hydrogen-bond donors (Lipinski definition) is 2. The SMILES string of the molecule is c1ccc(-c2ccc3c(c2NP(C2CCCCC2)C2CCCCC2)-c2c(ccc(-c4ccccc4)c2NP(C2CCCCC2)C2CCCCC2)OCCCO3)cc1. The van der Waals surface area contributed by atoms with Gasteiger partial charge in [0.1, 0.15) is 11.5 Å². The summed E-state index contributed by atoms with van der Waals surface area (Å²) in [7, 11) is -0.935. The monoisotopic (exact) mass is 800 g/mol. The predicted octanol–water partition coefficient (Wildman–Crippen LogP) is 15.8. The highest BCUT2D eigenvalue weighted by Crippen LogP contribution is 2.62. The number of benzene rings is 4. The first-order chi connectivity index (χ1) is 28.3. The van der Waals surface area contributed by atoms with Gasteiger partial charge in [-0.05, 0) is 126 Å². The molecule has 6 heteroatoms. The molecule has 4 nitrogen and oxygen atoms in total. The molecule has 0 amide bonds. The molecule has 2 N–H and O–H groups in total. The van der Waals surface area contributed by atoms with Crippen molar-refractivity contribution in [2.75, 3.05) is 23.4 Å². The van der Waals surface area contributed by atoms with Crippen molar-refractivity contribution in [3.8, 4) is 44.9 Å².